The predicted molar refractivity (Wildman–Crippen MR) is 85.6 cm³/mol. The van der Waals surface area contributed by atoms with Crippen LogP contribution in [0.15, 0.2) is 24.4 Å². The molecule has 1 saturated heterocycles. The van der Waals surface area contributed by atoms with Crippen molar-refractivity contribution in [1.82, 2.24) is 4.98 Å². The number of nitrogen functional groups attached to an aromatic ring is 1. The number of morpholine rings is 1. The molecule has 1 aliphatic heterocycles. The van der Waals surface area contributed by atoms with Crippen LogP contribution in [0.4, 0.5) is 11.4 Å². The summed E-state index contributed by atoms with van der Waals surface area (Å²) < 4.78 is 5.93. The lowest BCUT2D eigenvalue weighted by atomic mass is 10.0. The van der Waals surface area contributed by atoms with Crippen molar-refractivity contribution in [3.05, 3.63) is 30.1 Å². The summed E-state index contributed by atoms with van der Waals surface area (Å²) in [5.41, 5.74) is 9.25. The summed E-state index contributed by atoms with van der Waals surface area (Å²) >= 11 is 0. The van der Waals surface area contributed by atoms with Gasteiger partial charge in [0.25, 0.3) is 0 Å². The van der Waals surface area contributed by atoms with Crippen LogP contribution in [0.5, 0.6) is 0 Å². The summed E-state index contributed by atoms with van der Waals surface area (Å²) in [6.45, 7) is 3.81. The number of hydrogen-bond donors (Lipinski definition) is 1. The second kappa shape index (κ2) is 4.88. The molecule has 2 heterocycles. The Labute approximate surface area is 124 Å². The molecule has 2 unspecified atom stereocenters. The topological polar surface area (TPSA) is 51.4 Å². The Morgan fingerprint density at radius 1 is 1.29 bits per heavy atom. The van der Waals surface area contributed by atoms with Crippen LogP contribution in [0, 0.1) is 6.92 Å². The largest absolute Gasteiger partial charge is 0.398 e. The quantitative estimate of drug-likeness (QED) is 0.818. The van der Waals surface area contributed by atoms with E-state index in [2.05, 4.69) is 22.0 Å². The Morgan fingerprint density at radius 3 is 3.10 bits per heavy atom. The van der Waals surface area contributed by atoms with Crippen molar-refractivity contribution in [2.24, 2.45) is 0 Å². The Bertz CT molecular complexity index is 685. The van der Waals surface area contributed by atoms with E-state index in [9.17, 15) is 0 Å². The molecule has 1 saturated carbocycles. The zero-order valence-electron chi connectivity index (χ0n) is 12.4. The zero-order valence-corrected chi connectivity index (χ0v) is 12.4. The average Bonchev–Trinajstić information content (AvgIpc) is 2.96. The molecule has 1 aliphatic carbocycles. The minimum Gasteiger partial charge on any atom is -0.398 e. The number of ether oxygens (including phenoxy) is 1. The molecule has 2 aliphatic rings. The summed E-state index contributed by atoms with van der Waals surface area (Å²) in [6, 6.07) is 6.84. The molecule has 0 spiro atoms. The SMILES string of the molecule is Cc1cc2c(N3CCOC4CCCC43)ccc(N)c2cn1. The monoisotopic (exact) mass is 283 g/mol. The molecule has 21 heavy (non-hydrogen) atoms. The maximum Gasteiger partial charge on any atom is 0.0779 e. The maximum absolute atomic E-state index is 6.13. The first kappa shape index (κ1) is 12.9. The van der Waals surface area contributed by atoms with E-state index in [1.165, 1.54) is 30.3 Å². The number of nitrogens with zero attached hydrogens (tertiary/aromatic N) is 2. The van der Waals surface area contributed by atoms with Crippen molar-refractivity contribution in [2.75, 3.05) is 23.8 Å². The minimum atomic E-state index is 0.397. The average molecular weight is 283 g/mol. The number of fused-ring (bicyclic) bond motifs is 2. The highest BCUT2D eigenvalue weighted by atomic mass is 16.5. The van der Waals surface area contributed by atoms with E-state index in [1.807, 2.05) is 19.2 Å². The fraction of sp³-hybridized carbons (Fsp3) is 0.471. The third-order valence-electron chi connectivity index (χ3n) is 4.84. The summed E-state index contributed by atoms with van der Waals surface area (Å²) in [7, 11) is 0. The smallest absolute Gasteiger partial charge is 0.0779 e. The molecule has 2 atom stereocenters. The standard InChI is InChI=1S/C17H21N3O/c1-11-9-12-13(10-19-11)14(18)5-6-15(12)20-7-8-21-17-4-2-3-16(17)20/h5-6,9-10,16-17H,2-4,7-8,18H2,1H3. The molecule has 1 aromatic carbocycles. The van der Waals surface area contributed by atoms with E-state index < -0.39 is 0 Å². The molecule has 0 amide bonds. The lowest BCUT2D eigenvalue weighted by molar-refractivity contribution is 0.0257. The second-order valence-corrected chi connectivity index (χ2v) is 6.15. The van der Waals surface area contributed by atoms with Crippen LogP contribution in [0.25, 0.3) is 10.8 Å². The van der Waals surface area contributed by atoms with Gasteiger partial charge in [-0.15, -0.1) is 0 Å². The van der Waals surface area contributed by atoms with Crippen molar-refractivity contribution >= 4 is 22.1 Å². The van der Waals surface area contributed by atoms with Gasteiger partial charge in [0.05, 0.1) is 18.8 Å². The van der Waals surface area contributed by atoms with Crippen LogP contribution in [0.2, 0.25) is 0 Å². The number of aromatic nitrogens is 1. The van der Waals surface area contributed by atoms with E-state index in [4.69, 9.17) is 10.5 Å². The van der Waals surface area contributed by atoms with Gasteiger partial charge in [-0.05, 0) is 44.4 Å². The van der Waals surface area contributed by atoms with Gasteiger partial charge >= 0.3 is 0 Å². The van der Waals surface area contributed by atoms with E-state index >= 15 is 0 Å². The minimum absolute atomic E-state index is 0.397. The molecule has 2 N–H and O–H groups in total. The number of rotatable bonds is 1. The molecular weight excluding hydrogens is 262 g/mol. The first-order valence-corrected chi connectivity index (χ1v) is 7.77. The molecule has 2 aromatic rings. The molecule has 4 nitrogen and oxygen atoms in total. The molecule has 4 rings (SSSR count). The summed E-state index contributed by atoms with van der Waals surface area (Å²) in [6.07, 6.45) is 5.97. The van der Waals surface area contributed by atoms with Gasteiger partial charge in [-0.2, -0.15) is 0 Å². The first-order chi connectivity index (χ1) is 10.2. The summed E-state index contributed by atoms with van der Waals surface area (Å²) in [5.74, 6) is 0. The van der Waals surface area contributed by atoms with Gasteiger partial charge in [-0.1, -0.05) is 0 Å². The van der Waals surface area contributed by atoms with Gasteiger partial charge in [0, 0.05) is 40.6 Å². The van der Waals surface area contributed by atoms with Crippen LogP contribution < -0.4 is 10.6 Å². The Kier molecular flexibility index (Phi) is 3.00. The van der Waals surface area contributed by atoms with Crippen molar-refractivity contribution in [3.8, 4) is 0 Å². The third kappa shape index (κ3) is 2.05. The Morgan fingerprint density at radius 2 is 2.19 bits per heavy atom. The van der Waals surface area contributed by atoms with Crippen molar-refractivity contribution < 1.29 is 4.74 Å². The van der Waals surface area contributed by atoms with Crippen LogP contribution in [-0.4, -0.2) is 30.3 Å². The Hall–Kier alpha value is -1.81. The van der Waals surface area contributed by atoms with Gasteiger partial charge in [-0.3, -0.25) is 4.98 Å². The zero-order chi connectivity index (χ0) is 14.4. The van der Waals surface area contributed by atoms with Crippen molar-refractivity contribution in [3.63, 3.8) is 0 Å². The van der Waals surface area contributed by atoms with E-state index in [-0.39, 0.29) is 0 Å². The van der Waals surface area contributed by atoms with Crippen LogP contribution >= 0.6 is 0 Å². The van der Waals surface area contributed by atoms with Gasteiger partial charge in [0.15, 0.2) is 0 Å². The number of hydrogen-bond acceptors (Lipinski definition) is 4. The number of benzene rings is 1. The van der Waals surface area contributed by atoms with E-state index in [0.29, 0.717) is 12.1 Å². The summed E-state index contributed by atoms with van der Waals surface area (Å²) in [4.78, 5) is 6.93. The molecule has 2 fully saturated rings. The van der Waals surface area contributed by atoms with Gasteiger partial charge in [0.1, 0.15) is 0 Å². The van der Waals surface area contributed by atoms with E-state index in [1.54, 1.807) is 0 Å². The first-order valence-electron chi connectivity index (χ1n) is 7.77. The fourth-order valence-corrected chi connectivity index (χ4v) is 3.83. The lowest BCUT2D eigenvalue weighted by Crippen LogP contribution is -2.48. The van der Waals surface area contributed by atoms with Crippen molar-refractivity contribution in [2.45, 2.75) is 38.3 Å². The number of aryl methyl sites for hydroxylation is 1. The lowest BCUT2D eigenvalue weighted by Gasteiger charge is -2.40. The Balaban J connectivity index is 1.86. The maximum atomic E-state index is 6.13. The normalized spacial score (nSPS) is 25.3. The van der Waals surface area contributed by atoms with Crippen molar-refractivity contribution in [1.29, 1.82) is 0 Å². The second-order valence-electron chi connectivity index (χ2n) is 6.15. The molecule has 0 radical (unpaired) electrons. The molecule has 1 aromatic heterocycles. The highest BCUT2D eigenvalue weighted by molar-refractivity contribution is 6.01. The van der Waals surface area contributed by atoms with Crippen LogP contribution in [0.1, 0.15) is 25.0 Å². The van der Waals surface area contributed by atoms with Gasteiger partial charge in [0.2, 0.25) is 0 Å². The molecule has 4 heteroatoms. The molecule has 0 bridgehead atoms. The number of pyridine rings is 1. The predicted octanol–water partition coefficient (Wildman–Crippen LogP) is 2.88. The highest BCUT2D eigenvalue weighted by Gasteiger charge is 2.36. The highest BCUT2D eigenvalue weighted by Crippen LogP contribution is 2.37. The van der Waals surface area contributed by atoms with Gasteiger partial charge < -0.3 is 15.4 Å². The molecule has 110 valence electrons. The van der Waals surface area contributed by atoms with Gasteiger partial charge in [-0.25, -0.2) is 0 Å². The van der Waals surface area contributed by atoms with E-state index in [0.717, 1.165) is 29.9 Å². The number of anilines is 2. The summed E-state index contributed by atoms with van der Waals surface area (Å²) in [5, 5.41) is 2.27. The fourth-order valence-electron chi connectivity index (χ4n) is 3.83. The molecular formula is C17H21N3O. The third-order valence-corrected chi connectivity index (χ3v) is 4.84. The van der Waals surface area contributed by atoms with Crippen LogP contribution in [-0.2, 0) is 4.74 Å². The van der Waals surface area contributed by atoms with Crippen LogP contribution in [0.3, 0.4) is 0 Å². The number of nitrogens with two attached hydrogens (primary N) is 1.